The van der Waals surface area contributed by atoms with Crippen LogP contribution in [0.5, 0.6) is 11.5 Å². The van der Waals surface area contributed by atoms with Gasteiger partial charge in [0.25, 0.3) is 5.69 Å². The number of methoxy groups -OCH3 is 1. The Bertz CT molecular complexity index is 619. The van der Waals surface area contributed by atoms with E-state index in [1.54, 1.807) is 24.3 Å². The largest absolute Gasteiger partial charge is 0.497 e. The molecule has 6 heteroatoms. The zero-order valence-electron chi connectivity index (χ0n) is 10.6. The van der Waals surface area contributed by atoms with Crippen molar-refractivity contribution in [1.29, 1.82) is 0 Å². The van der Waals surface area contributed by atoms with Crippen molar-refractivity contribution in [1.82, 2.24) is 0 Å². The number of carbonyl (C=O) groups excluding carboxylic acids is 1. The van der Waals surface area contributed by atoms with Gasteiger partial charge in [0.2, 0.25) is 0 Å². The highest BCUT2D eigenvalue weighted by Crippen LogP contribution is 2.19. The van der Waals surface area contributed by atoms with Crippen molar-refractivity contribution >= 4 is 11.7 Å². The third-order valence-corrected chi connectivity index (χ3v) is 2.58. The average Bonchev–Trinajstić information content (AvgIpc) is 2.48. The maximum absolute atomic E-state index is 11.8. The molecule has 0 N–H and O–H groups in total. The van der Waals surface area contributed by atoms with E-state index in [-0.39, 0.29) is 11.4 Å². The van der Waals surface area contributed by atoms with Crippen molar-refractivity contribution in [2.24, 2.45) is 0 Å². The molecule has 6 nitrogen and oxygen atoms in total. The molecule has 2 aromatic rings. The Morgan fingerprint density at radius 1 is 1.00 bits per heavy atom. The van der Waals surface area contributed by atoms with E-state index < -0.39 is 10.9 Å². The van der Waals surface area contributed by atoms with Crippen LogP contribution in [0.4, 0.5) is 5.69 Å². The van der Waals surface area contributed by atoms with Crippen LogP contribution in [0.1, 0.15) is 10.4 Å². The highest BCUT2D eigenvalue weighted by molar-refractivity contribution is 5.91. The third-order valence-electron chi connectivity index (χ3n) is 2.58. The van der Waals surface area contributed by atoms with Crippen LogP contribution in [-0.4, -0.2) is 18.0 Å². The second-order valence-corrected chi connectivity index (χ2v) is 3.87. The van der Waals surface area contributed by atoms with Crippen LogP contribution >= 0.6 is 0 Å². The van der Waals surface area contributed by atoms with Crippen LogP contribution in [0.2, 0.25) is 0 Å². The lowest BCUT2D eigenvalue weighted by molar-refractivity contribution is -0.384. The number of rotatable bonds is 4. The van der Waals surface area contributed by atoms with Gasteiger partial charge in [-0.1, -0.05) is 0 Å². The SMILES string of the molecule is COc1ccc(C(=O)Oc2ccc([N+](=O)[O-])cc2)cc1. The molecule has 0 heterocycles. The molecule has 0 amide bonds. The van der Waals surface area contributed by atoms with Crippen LogP contribution in [0, 0.1) is 10.1 Å². The van der Waals surface area contributed by atoms with E-state index in [0.29, 0.717) is 11.3 Å². The molecule has 0 aliphatic heterocycles. The van der Waals surface area contributed by atoms with E-state index in [1.807, 2.05) is 0 Å². The summed E-state index contributed by atoms with van der Waals surface area (Å²) in [5.74, 6) is 0.342. The number of carbonyl (C=O) groups is 1. The molecule has 0 spiro atoms. The second-order valence-electron chi connectivity index (χ2n) is 3.87. The molecule has 0 fully saturated rings. The van der Waals surface area contributed by atoms with Crippen LogP contribution in [0.15, 0.2) is 48.5 Å². The standard InChI is InChI=1S/C14H11NO5/c1-19-12-6-2-10(3-7-12)14(16)20-13-8-4-11(5-9-13)15(17)18/h2-9H,1H3. The number of hydrogen-bond donors (Lipinski definition) is 0. The van der Waals surface area contributed by atoms with Crippen molar-refractivity contribution in [3.8, 4) is 11.5 Å². The van der Waals surface area contributed by atoms with Crippen molar-refractivity contribution in [3.63, 3.8) is 0 Å². The Labute approximate surface area is 114 Å². The van der Waals surface area contributed by atoms with E-state index >= 15 is 0 Å². The van der Waals surface area contributed by atoms with E-state index in [9.17, 15) is 14.9 Å². The number of nitrogens with zero attached hydrogens (tertiary/aromatic N) is 1. The summed E-state index contributed by atoms with van der Waals surface area (Å²) in [6, 6.07) is 11.7. The molecule has 20 heavy (non-hydrogen) atoms. The van der Waals surface area contributed by atoms with E-state index in [2.05, 4.69) is 0 Å². The minimum Gasteiger partial charge on any atom is -0.497 e. The van der Waals surface area contributed by atoms with Gasteiger partial charge >= 0.3 is 5.97 Å². The second kappa shape index (κ2) is 5.83. The first kappa shape index (κ1) is 13.5. The molecule has 0 radical (unpaired) electrons. The lowest BCUT2D eigenvalue weighted by Crippen LogP contribution is -2.08. The fraction of sp³-hybridized carbons (Fsp3) is 0.0714. The Hall–Kier alpha value is -2.89. The molecule has 0 atom stereocenters. The lowest BCUT2D eigenvalue weighted by atomic mass is 10.2. The molecule has 2 rings (SSSR count). The summed E-state index contributed by atoms with van der Waals surface area (Å²) in [6.45, 7) is 0. The molecule has 102 valence electrons. The first-order valence-corrected chi connectivity index (χ1v) is 5.71. The normalized spacial score (nSPS) is 9.85. The highest BCUT2D eigenvalue weighted by atomic mass is 16.6. The Morgan fingerprint density at radius 2 is 1.55 bits per heavy atom. The Kier molecular flexibility index (Phi) is 3.95. The van der Waals surface area contributed by atoms with Gasteiger partial charge < -0.3 is 9.47 Å². The Balaban J connectivity index is 2.08. The minimum absolute atomic E-state index is 0.0609. The van der Waals surface area contributed by atoms with Gasteiger partial charge in [0.1, 0.15) is 11.5 Å². The zero-order valence-corrected chi connectivity index (χ0v) is 10.6. The van der Waals surface area contributed by atoms with Gasteiger partial charge in [-0.15, -0.1) is 0 Å². The number of non-ortho nitro benzene ring substituents is 1. The maximum atomic E-state index is 11.8. The fourth-order valence-electron chi connectivity index (χ4n) is 1.53. The molecular formula is C14H11NO5. The van der Waals surface area contributed by atoms with Gasteiger partial charge in [0, 0.05) is 12.1 Å². The van der Waals surface area contributed by atoms with Crippen LogP contribution in [0.25, 0.3) is 0 Å². The first-order chi connectivity index (χ1) is 9.60. The summed E-state index contributed by atoms with van der Waals surface area (Å²) in [5.41, 5.74) is 0.304. The van der Waals surface area contributed by atoms with Crippen molar-refractivity contribution in [3.05, 3.63) is 64.2 Å². The summed E-state index contributed by atoms with van der Waals surface area (Å²) in [4.78, 5) is 21.8. The van der Waals surface area contributed by atoms with E-state index in [1.165, 1.54) is 31.4 Å². The third kappa shape index (κ3) is 3.11. The fourth-order valence-corrected chi connectivity index (χ4v) is 1.53. The summed E-state index contributed by atoms with van der Waals surface area (Å²) in [6.07, 6.45) is 0. The number of nitro groups is 1. The smallest absolute Gasteiger partial charge is 0.343 e. The maximum Gasteiger partial charge on any atom is 0.343 e. The highest BCUT2D eigenvalue weighted by Gasteiger charge is 2.10. The summed E-state index contributed by atoms with van der Waals surface area (Å²) < 4.78 is 10.1. The van der Waals surface area contributed by atoms with Gasteiger partial charge in [-0.05, 0) is 36.4 Å². The molecule has 0 aliphatic rings. The average molecular weight is 273 g/mol. The monoisotopic (exact) mass is 273 g/mol. The summed E-state index contributed by atoms with van der Waals surface area (Å²) >= 11 is 0. The quantitative estimate of drug-likeness (QED) is 0.370. The topological polar surface area (TPSA) is 78.7 Å². The van der Waals surface area contributed by atoms with Crippen LogP contribution in [0.3, 0.4) is 0 Å². The number of nitro benzene ring substituents is 1. The van der Waals surface area contributed by atoms with Gasteiger partial charge in [-0.3, -0.25) is 10.1 Å². The van der Waals surface area contributed by atoms with Crippen molar-refractivity contribution < 1.29 is 19.2 Å². The van der Waals surface area contributed by atoms with Crippen molar-refractivity contribution in [2.45, 2.75) is 0 Å². The molecule has 0 saturated heterocycles. The van der Waals surface area contributed by atoms with Gasteiger partial charge in [-0.2, -0.15) is 0 Å². The molecule has 2 aromatic carbocycles. The molecule has 0 aromatic heterocycles. The van der Waals surface area contributed by atoms with Crippen LogP contribution in [-0.2, 0) is 0 Å². The van der Waals surface area contributed by atoms with Gasteiger partial charge in [-0.25, -0.2) is 4.79 Å². The molecule has 0 unspecified atom stereocenters. The number of hydrogen-bond acceptors (Lipinski definition) is 5. The summed E-state index contributed by atoms with van der Waals surface area (Å²) in [5, 5.41) is 10.5. The minimum atomic E-state index is -0.540. The van der Waals surface area contributed by atoms with Gasteiger partial charge in [0.05, 0.1) is 17.6 Å². The molecular weight excluding hydrogens is 262 g/mol. The number of benzene rings is 2. The number of esters is 1. The predicted molar refractivity (Wildman–Crippen MR) is 71.0 cm³/mol. The Morgan fingerprint density at radius 3 is 2.05 bits per heavy atom. The predicted octanol–water partition coefficient (Wildman–Crippen LogP) is 2.82. The lowest BCUT2D eigenvalue weighted by Gasteiger charge is -2.05. The summed E-state index contributed by atoms with van der Waals surface area (Å²) in [7, 11) is 1.53. The van der Waals surface area contributed by atoms with Crippen molar-refractivity contribution in [2.75, 3.05) is 7.11 Å². The molecule has 0 aliphatic carbocycles. The van der Waals surface area contributed by atoms with E-state index in [0.717, 1.165) is 0 Å². The number of ether oxygens (including phenoxy) is 2. The molecule has 0 saturated carbocycles. The van der Waals surface area contributed by atoms with E-state index in [4.69, 9.17) is 9.47 Å². The zero-order chi connectivity index (χ0) is 14.5. The first-order valence-electron chi connectivity index (χ1n) is 5.71. The van der Waals surface area contributed by atoms with Crippen LogP contribution < -0.4 is 9.47 Å². The molecule has 0 bridgehead atoms. The van der Waals surface area contributed by atoms with Gasteiger partial charge in [0.15, 0.2) is 0 Å².